The lowest BCUT2D eigenvalue weighted by molar-refractivity contribution is 0.0941. The third-order valence-corrected chi connectivity index (χ3v) is 4.72. The fraction of sp³-hybridized carbons (Fsp3) is 0.300. The van der Waals surface area contributed by atoms with Crippen molar-refractivity contribution < 1.29 is 9.18 Å². The van der Waals surface area contributed by atoms with E-state index in [1.54, 1.807) is 19.1 Å². The first-order chi connectivity index (χ1) is 13.8. The van der Waals surface area contributed by atoms with Crippen molar-refractivity contribution in [2.24, 2.45) is 0 Å². The summed E-state index contributed by atoms with van der Waals surface area (Å²) in [6.45, 7) is 2.33. The van der Waals surface area contributed by atoms with Gasteiger partial charge in [-0.3, -0.25) is 19.1 Å². The lowest BCUT2D eigenvalue weighted by Crippen LogP contribution is -2.35. The zero-order chi connectivity index (χ0) is 21.1. The van der Waals surface area contributed by atoms with E-state index in [-0.39, 0.29) is 35.0 Å². The summed E-state index contributed by atoms with van der Waals surface area (Å²) < 4.78 is 14.9. The Morgan fingerprint density at radius 2 is 2.07 bits per heavy atom. The van der Waals surface area contributed by atoms with Gasteiger partial charge in [0.05, 0.1) is 17.0 Å². The molecule has 3 aromatic rings. The number of nitrogens with one attached hydrogen (secondary N) is 2. The molecule has 3 rings (SSSR count). The highest BCUT2D eigenvalue weighted by molar-refractivity contribution is 5.96. The Bertz CT molecular complexity index is 1170. The lowest BCUT2D eigenvalue weighted by atomic mass is 10.1. The van der Waals surface area contributed by atoms with Crippen LogP contribution in [0.1, 0.15) is 28.9 Å². The normalized spacial score (nSPS) is 12.3. The monoisotopic (exact) mass is 399 g/mol. The van der Waals surface area contributed by atoms with Crippen LogP contribution in [-0.2, 0) is 6.54 Å². The predicted molar refractivity (Wildman–Crippen MR) is 107 cm³/mol. The Morgan fingerprint density at radius 1 is 1.31 bits per heavy atom. The van der Waals surface area contributed by atoms with Crippen LogP contribution >= 0.6 is 0 Å². The van der Waals surface area contributed by atoms with Crippen LogP contribution in [0.2, 0.25) is 0 Å². The van der Waals surface area contributed by atoms with E-state index in [9.17, 15) is 18.8 Å². The molecule has 0 aliphatic rings. The number of benzene rings is 1. The second-order valence-corrected chi connectivity index (χ2v) is 6.84. The molecule has 2 N–H and O–H groups in total. The van der Waals surface area contributed by atoms with Gasteiger partial charge in [-0.05, 0) is 44.8 Å². The van der Waals surface area contributed by atoms with Crippen LogP contribution in [0.4, 0.5) is 4.39 Å². The number of rotatable bonds is 6. The molecule has 2 heterocycles. The molecule has 1 unspecified atom stereocenters. The zero-order valence-electron chi connectivity index (χ0n) is 16.4. The van der Waals surface area contributed by atoms with Crippen molar-refractivity contribution in [3.05, 3.63) is 74.3 Å². The number of hydrogen-bond donors (Lipinski definition) is 2. The highest BCUT2D eigenvalue weighted by Gasteiger charge is 2.18. The SMILES string of the molecule is CCn1c(=O)[nH]c(=O)c2cc(C(=O)NCC(c3cccc(F)c3)N(C)C)cnc21. The van der Waals surface area contributed by atoms with E-state index in [1.165, 1.54) is 29.0 Å². The summed E-state index contributed by atoms with van der Waals surface area (Å²) in [5.74, 6) is -0.767. The van der Waals surface area contributed by atoms with Crippen molar-refractivity contribution >= 4 is 16.9 Å². The average molecular weight is 399 g/mol. The van der Waals surface area contributed by atoms with Crippen LogP contribution in [0.3, 0.4) is 0 Å². The number of pyridine rings is 1. The summed E-state index contributed by atoms with van der Waals surface area (Å²) in [5, 5.41) is 2.96. The Hall–Kier alpha value is -3.33. The van der Waals surface area contributed by atoms with Gasteiger partial charge in [0, 0.05) is 19.3 Å². The molecule has 1 amide bonds. The van der Waals surface area contributed by atoms with E-state index in [2.05, 4.69) is 15.3 Å². The topological polar surface area (TPSA) is 100 Å². The molecule has 152 valence electrons. The Balaban J connectivity index is 1.86. The molecule has 0 saturated heterocycles. The van der Waals surface area contributed by atoms with E-state index in [1.807, 2.05) is 19.0 Å². The summed E-state index contributed by atoms with van der Waals surface area (Å²) in [6.07, 6.45) is 1.33. The maximum Gasteiger partial charge on any atom is 0.329 e. The Morgan fingerprint density at radius 3 is 2.72 bits per heavy atom. The first-order valence-corrected chi connectivity index (χ1v) is 9.14. The average Bonchev–Trinajstić information content (AvgIpc) is 2.68. The molecular formula is C20H22FN5O3. The summed E-state index contributed by atoms with van der Waals surface area (Å²) in [5.41, 5.74) is 0.0153. The molecule has 0 saturated carbocycles. The van der Waals surface area contributed by atoms with Gasteiger partial charge in [0.1, 0.15) is 11.5 Å². The van der Waals surface area contributed by atoms with Gasteiger partial charge in [-0.2, -0.15) is 0 Å². The van der Waals surface area contributed by atoms with Gasteiger partial charge in [-0.25, -0.2) is 14.2 Å². The largest absolute Gasteiger partial charge is 0.350 e. The van der Waals surface area contributed by atoms with Crippen LogP contribution in [0.25, 0.3) is 11.0 Å². The minimum atomic E-state index is -0.595. The third-order valence-electron chi connectivity index (χ3n) is 4.72. The maximum atomic E-state index is 13.6. The molecule has 8 nitrogen and oxygen atoms in total. The fourth-order valence-electron chi connectivity index (χ4n) is 3.19. The van der Waals surface area contributed by atoms with Gasteiger partial charge in [0.15, 0.2) is 0 Å². The first kappa shape index (κ1) is 20.4. The molecule has 29 heavy (non-hydrogen) atoms. The lowest BCUT2D eigenvalue weighted by Gasteiger charge is -2.25. The molecule has 0 aliphatic heterocycles. The smallest absolute Gasteiger partial charge is 0.329 e. The van der Waals surface area contributed by atoms with Crippen molar-refractivity contribution in [3.8, 4) is 0 Å². The summed E-state index contributed by atoms with van der Waals surface area (Å²) in [4.78, 5) is 44.9. The molecule has 0 aliphatic carbocycles. The number of fused-ring (bicyclic) bond motifs is 1. The zero-order valence-corrected chi connectivity index (χ0v) is 16.4. The maximum absolute atomic E-state index is 13.6. The quantitative estimate of drug-likeness (QED) is 0.650. The van der Waals surface area contributed by atoms with Crippen molar-refractivity contribution in [1.82, 2.24) is 24.8 Å². The van der Waals surface area contributed by atoms with Crippen LogP contribution in [0, 0.1) is 5.82 Å². The molecule has 0 spiro atoms. The van der Waals surface area contributed by atoms with Crippen LogP contribution in [0.5, 0.6) is 0 Å². The van der Waals surface area contributed by atoms with Crippen molar-refractivity contribution in [2.75, 3.05) is 20.6 Å². The van der Waals surface area contributed by atoms with Crippen LogP contribution in [-0.4, -0.2) is 46.0 Å². The highest BCUT2D eigenvalue weighted by atomic mass is 19.1. The van der Waals surface area contributed by atoms with Crippen molar-refractivity contribution in [3.63, 3.8) is 0 Å². The second-order valence-electron chi connectivity index (χ2n) is 6.84. The van der Waals surface area contributed by atoms with Crippen molar-refractivity contribution in [2.45, 2.75) is 19.5 Å². The standard InChI is InChI=1S/C20H22FN5O3/c1-4-26-17-15(19(28)24-20(26)29)9-13(10-22-17)18(27)23-11-16(25(2)3)12-6-5-7-14(21)8-12/h5-10,16H,4,11H2,1-3H3,(H,23,27)(H,24,28,29). The van der Waals surface area contributed by atoms with E-state index >= 15 is 0 Å². The third kappa shape index (κ3) is 4.24. The number of aromatic nitrogens is 3. The fourth-order valence-corrected chi connectivity index (χ4v) is 3.19. The number of hydrogen-bond acceptors (Lipinski definition) is 5. The van der Waals surface area contributed by atoms with E-state index in [0.717, 1.165) is 5.56 Å². The summed E-state index contributed by atoms with van der Waals surface area (Å²) in [7, 11) is 3.67. The number of aryl methyl sites for hydroxylation is 1. The number of H-pyrrole nitrogens is 1. The molecule has 0 fully saturated rings. The Labute approximate surface area is 166 Å². The summed E-state index contributed by atoms with van der Waals surface area (Å²) in [6, 6.07) is 7.38. The van der Waals surface area contributed by atoms with Crippen LogP contribution < -0.4 is 16.6 Å². The van der Waals surface area contributed by atoms with Crippen LogP contribution in [0.15, 0.2) is 46.1 Å². The van der Waals surface area contributed by atoms with E-state index in [0.29, 0.717) is 6.54 Å². The number of nitrogens with zero attached hydrogens (tertiary/aromatic N) is 3. The van der Waals surface area contributed by atoms with Gasteiger partial charge in [0.2, 0.25) is 0 Å². The molecular weight excluding hydrogens is 377 g/mol. The Kier molecular flexibility index (Phi) is 5.88. The minimum absolute atomic E-state index is 0.161. The molecule has 1 aromatic carbocycles. The molecule has 9 heteroatoms. The first-order valence-electron chi connectivity index (χ1n) is 9.14. The predicted octanol–water partition coefficient (Wildman–Crippen LogP) is 1.28. The highest BCUT2D eigenvalue weighted by Crippen LogP contribution is 2.18. The van der Waals surface area contributed by atoms with E-state index < -0.39 is 17.2 Å². The number of aromatic amines is 1. The molecule has 0 radical (unpaired) electrons. The van der Waals surface area contributed by atoms with Gasteiger partial charge in [-0.15, -0.1) is 0 Å². The van der Waals surface area contributed by atoms with Gasteiger partial charge in [-0.1, -0.05) is 12.1 Å². The number of halogens is 1. The second kappa shape index (κ2) is 8.36. The number of amides is 1. The minimum Gasteiger partial charge on any atom is -0.350 e. The molecule has 0 bridgehead atoms. The van der Waals surface area contributed by atoms with Crippen molar-refractivity contribution in [1.29, 1.82) is 0 Å². The summed E-state index contributed by atoms with van der Waals surface area (Å²) >= 11 is 0. The number of carbonyl (C=O) groups is 1. The molecule has 2 aromatic heterocycles. The van der Waals surface area contributed by atoms with E-state index in [4.69, 9.17) is 0 Å². The number of likely N-dealkylation sites (N-methyl/N-ethyl adjacent to an activating group) is 1. The molecule has 1 atom stereocenters. The van der Waals surface area contributed by atoms with Gasteiger partial charge in [0.25, 0.3) is 11.5 Å². The van der Waals surface area contributed by atoms with Gasteiger partial charge >= 0.3 is 5.69 Å². The van der Waals surface area contributed by atoms with Gasteiger partial charge < -0.3 is 10.2 Å². The number of carbonyl (C=O) groups excluding carboxylic acids is 1.